The van der Waals surface area contributed by atoms with Gasteiger partial charge in [0.15, 0.2) is 0 Å². The van der Waals surface area contributed by atoms with E-state index in [0.29, 0.717) is 22.9 Å². The van der Waals surface area contributed by atoms with E-state index >= 15 is 0 Å². The highest BCUT2D eigenvalue weighted by Crippen LogP contribution is 2.40. The molecule has 0 unspecified atom stereocenters. The van der Waals surface area contributed by atoms with Gasteiger partial charge in [0.1, 0.15) is 12.0 Å². The molecule has 2 aromatic rings. The first kappa shape index (κ1) is 19.6. The molecule has 27 heavy (non-hydrogen) atoms. The first-order valence-electron chi connectivity index (χ1n) is 8.75. The fourth-order valence-electron chi connectivity index (χ4n) is 2.96. The molecule has 0 aromatic heterocycles. The van der Waals surface area contributed by atoms with Crippen LogP contribution in [0.3, 0.4) is 0 Å². The number of halogens is 1. The monoisotopic (exact) mass is 404 g/mol. The SMILES string of the molecule is CC[C@H](COC(=O)Nc1ccccc1)N1C(=O)CS[C@H]1c1ccc(Cl)cc1. The Kier molecular flexibility index (Phi) is 6.63. The molecule has 3 rings (SSSR count). The number of amides is 2. The molecular weight excluding hydrogens is 384 g/mol. The minimum Gasteiger partial charge on any atom is -0.447 e. The van der Waals surface area contributed by atoms with Crippen molar-refractivity contribution in [2.45, 2.75) is 24.8 Å². The van der Waals surface area contributed by atoms with Gasteiger partial charge in [0, 0.05) is 10.7 Å². The van der Waals surface area contributed by atoms with Gasteiger partial charge in [-0.25, -0.2) is 4.79 Å². The predicted octanol–water partition coefficient (Wildman–Crippen LogP) is 4.94. The zero-order valence-corrected chi connectivity index (χ0v) is 16.5. The Morgan fingerprint density at radius 3 is 2.63 bits per heavy atom. The molecule has 1 fully saturated rings. The van der Waals surface area contributed by atoms with E-state index in [1.807, 2.05) is 54.3 Å². The maximum absolute atomic E-state index is 12.5. The molecule has 1 N–H and O–H groups in total. The first-order valence-corrected chi connectivity index (χ1v) is 10.2. The van der Waals surface area contributed by atoms with Gasteiger partial charge in [-0.05, 0) is 36.2 Å². The third-order valence-corrected chi connectivity index (χ3v) is 5.83. The average molecular weight is 405 g/mol. The van der Waals surface area contributed by atoms with Crippen LogP contribution in [0.15, 0.2) is 54.6 Å². The average Bonchev–Trinajstić information content (AvgIpc) is 3.05. The summed E-state index contributed by atoms with van der Waals surface area (Å²) >= 11 is 7.55. The third-order valence-electron chi connectivity index (χ3n) is 4.35. The fourth-order valence-corrected chi connectivity index (χ4v) is 4.33. The van der Waals surface area contributed by atoms with E-state index in [1.165, 1.54) is 0 Å². The second kappa shape index (κ2) is 9.15. The minimum absolute atomic E-state index is 0.0545. The van der Waals surface area contributed by atoms with Crippen molar-refractivity contribution in [3.8, 4) is 0 Å². The molecule has 0 aliphatic carbocycles. The highest BCUT2D eigenvalue weighted by Gasteiger charge is 2.37. The lowest BCUT2D eigenvalue weighted by Crippen LogP contribution is -2.41. The highest BCUT2D eigenvalue weighted by molar-refractivity contribution is 8.00. The van der Waals surface area contributed by atoms with Gasteiger partial charge in [-0.15, -0.1) is 11.8 Å². The van der Waals surface area contributed by atoms with Gasteiger partial charge in [0.2, 0.25) is 5.91 Å². The van der Waals surface area contributed by atoms with Crippen molar-refractivity contribution in [2.75, 3.05) is 17.7 Å². The van der Waals surface area contributed by atoms with Crippen molar-refractivity contribution in [1.29, 1.82) is 0 Å². The zero-order chi connectivity index (χ0) is 19.2. The maximum Gasteiger partial charge on any atom is 0.411 e. The van der Waals surface area contributed by atoms with Crippen molar-refractivity contribution in [2.24, 2.45) is 0 Å². The zero-order valence-electron chi connectivity index (χ0n) is 14.9. The normalized spacial score (nSPS) is 17.6. The van der Waals surface area contributed by atoms with Gasteiger partial charge < -0.3 is 9.64 Å². The number of anilines is 1. The molecule has 1 heterocycles. The van der Waals surface area contributed by atoms with E-state index in [9.17, 15) is 9.59 Å². The van der Waals surface area contributed by atoms with Crippen LogP contribution >= 0.6 is 23.4 Å². The number of ether oxygens (including phenoxy) is 1. The number of nitrogens with zero attached hydrogens (tertiary/aromatic N) is 1. The van der Waals surface area contributed by atoms with Crippen LogP contribution < -0.4 is 5.32 Å². The Morgan fingerprint density at radius 2 is 1.96 bits per heavy atom. The lowest BCUT2D eigenvalue weighted by molar-refractivity contribution is -0.131. The Morgan fingerprint density at radius 1 is 1.26 bits per heavy atom. The topological polar surface area (TPSA) is 58.6 Å². The molecule has 0 spiro atoms. The summed E-state index contributed by atoms with van der Waals surface area (Å²) in [6.07, 6.45) is 0.164. The summed E-state index contributed by atoms with van der Waals surface area (Å²) in [5.41, 5.74) is 1.69. The molecule has 1 aliphatic heterocycles. The van der Waals surface area contributed by atoms with Crippen molar-refractivity contribution in [3.63, 3.8) is 0 Å². The van der Waals surface area contributed by atoms with E-state index in [1.54, 1.807) is 23.9 Å². The van der Waals surface area contributed by atoms with E-state index < -0.39 is 6.09 Å². The van der Waals surface area contributed by atoms with Crippen LogP contribution in [0.1, 0.15) is 24.3 Å². The van der Waals surface area contributed by atoms with Gasteiger partial charge >= 0.3 is 6.09 Å². The molecule has 7 heteroatoms. The number of hydrogen-bond acceptors (Lipinski definition) is 4. The number of thioether (sulfide) groups is 1. The number of hydrogen-bond donors (Lipinski definition) is 1. The summed E-state index contributed by atoms with van der Waals surface area (Å²) in [7, 11) is 0. The number of carbonyl (C=O) groups excluding carboxylic acids is 2. The number of para-hydroxylation sites is 1. The van der Waals surface area contributed by atoms with Crippen molar-refractivity contribution in [3.05, 3.63) is 65.2 Å². The van der Waals surface area contributed by atoms with E-state index in [-0.39, 0.29) is 23.9 Å². The number of carbonyl (C=O) groups is 2. The van der Waals surface area contributed by atoms with Gasteiger partial charge in [-0.3, -0.25) is 10.1 Å². The van der Waals surface area contributed by atoms with Crippen LogP contribution in [0.4, 0.5) is 10.5 Å². The summed E-state index contributed by atoms with van der Waals surface area (Å²) in [5.74, 6) is 0.471. The quantitative estimate of drug-likeness (QED) is 0.740. The Hall–Kier alpha value is -2.18. The lowest BCUT2D eigenvalue weighted by Gasteiger charge is -2.32. The van der Waals surface area contributed by atoms with Gasteiger partial charge in [-0.2, -0.15) is 0 Å². The molecular formula is C20H21ClN2O3S. The third kappa shape index (κ3) is 4.96. The molecule has 0 radical (unpaired) electrons. The summed E-state index contributed by atoms with van der Waals surface area (Å²) in [5, 5.41) is 3.25. The Labute approximate surface area is 168 Å². The standard InChI is InChI=1S/C20H21ClN2O3S/c1-2-17(12-26-20(25)22-16-6-4-3-5-7-16)23-18(24)13-27-19(23)14-8-10-15(21)11-9-14/h3-11,17,19H,2,12-13H2,1H3,(H,22,25)/t17-,19+/m1/s1. The number of rotatable bonds is 6. The highest BCUT2D eigenvalue weighted by atomic mass is 35.5. The maximum atomic E-state index is 12.5. The van der Waals surface area contributed by atoms with Gasteiger partial charge in [0.25, 0.3) is 0 Å². The van der Waals surface area contributed by atoms with Crippen LogP contribution in [0.25, 0.3) is 0 Å². The number of benzene rings is 2. The van der Waals surface area contributed by atoms with Crippen LogP contribution in [0.5, 0.6) is 0 Å². The summed E-state index contributed by atoms with van der Waals surface area (Å²) in [4.78, 5) is 26.4. The predicted molar refractivity (Wildman–Crippen MR) is 109 cm³/mol. The van der Waals surface area contributed by atoms with Crippen molar-refractivity contribution < 1.29 is 14.3 Å². The largest absolute Gasteiger partial charge is 0.447 e. The van der Waals surface area contributed by atoms with Crippen LogP contribution in [0, 0.1) is 0 Å². The summed E-state index contributed by atoms with van der Waals surface area (Å²) in [6.45, 7) is 2.13. The van der Waals surface area contributed by atoms with Gasteiger partial charge in [-0.1, -0.05) is 48.9 Å². The molecule has 1 aliphatic rings. The second-order valence-electron chi connectivity index (χ2n) is 6.17. The minimum atomic E-state index is -0.526. The molecule has 2 amide bonds. The van der Waals surface area contributed by atoms with Crippen LogP contribution in [0.2, 0.25) is 5.02 Å². The van der Waals surface area contributed by atoms with Crippen LogP contribution in [-0.4, -0.2) is 35.3 Å². The summed E-state index contributed by atoms with van der Waals surface area (Å²) in [6, 6.07) is 16.4. The molecule has 1 saturated heterocycles. The second-order valence-corrected chi connectivity index (χ2v) is 7.67. The van der Waals surface area contributed by atoms with Gasteiger partial charge in [0.05, 0.1) is 11.8 Å². The molecule has 0 bridgehead atoms. The Bertz CT molecular complexity index is 786. The lowest BCUT2D eigenvalue weighted by atomic mass is 10.1. The molecule has 5 nitrogen and oxygen atoms in total. The van der Waals surface area contributed by atoms with E-state index in [2.05, 4.69) is 5.32 Å². The summed E-state index contributed by atoms with van der Waals surface area (Å²) < 4.78 is 5.39. The van der Waals surface area contributed by atoms with Crippen LogP contribution in [-0.2, 0) is 9.53 Å². The van der Waals surface area contributed by atoms with E-state index in [0.717, 1.165) is 5.56 Å². The van der Waals surface area contributed by atoms with Crippen molar-refractivity contribution >= 4 is 41.1 Å². The Balaban J connectivity index is 1.64. The number of nitrogens with one attached hydrogen (secondary N) is 1. The van der Waals surface area contributed by atoms with E-state index in [4.69, 9.17) is 16.3 Å². The molecule has 2 aromatic carbocycles. The first-order chi connectivity index (χ1) is 13.1. The fraction of sp³-hybridized carbons (Fsp3) is 0.300. The molecule has 2 atom stereocenters. The molecule has 142 valence electrons. The molecule has 0 saturated carbocycles. The van der Waals surface area contributed by atoms with Crippen molar-refractivity contribution in [1.82, 2.24) is 4.90 Å². The smallest absolute Gasteiger partial charge is 0.411 e.